The van der Waals surface area contributed by atoms with Crippen LogP contribution >= 0.6 is 11.6 Å². The van der Waals surface area contributed by atoms with Crippen LogP contribution in [0.2, 0.25) is 0 Å². The molecular weight excluding hydrogens is 432 g/mol. The van der Waals surface area contributed by atoms with Gasteiger partial charge in [0.05, 0.1) is 13.3 Å². The van der Waals surface area contributed by atoms with E-state index in [0.29, 0.717) is 11.4 Å². The van der Waals surface area contributed by atoms with Gasteiger partial charge in [-0.2, -0.15) is 5.10 Å². The Hall–Kier alpha value is -3.91. The van der Waals surface area contributed by atoms with E-state index in [1.165, 1.54) is 38.4 Å². The lowest BCUT2D eigenvalue weighted by Gasteiger charge is -2.27. The minimum atomic E-state index is -2.34. The maximum atomic E-state index is 13.5. The highest BCUT2D eigenvalue weighted by Crippen LogP contribution is 2.32. The molecule has 2 aromatic carbocycles. The highest BCUT2D eigenvalue weighted by Gasteiger charge is 2.48. The van der Waals surface area contributed by atoms with Crippen molar-refractivity contribution >= 4 is 40.7 Å². The van der Waals surface area contributed by atoms with E-state index in [4.69, 9.17) is 16.3 Å². The monoisotopic (exact) mass is 452 g/mol. The Morgan fingerprint density at radius 2 is 1.69 bits per heavy atom. The molecule has 2 N–H and O–H groups in total. The average Bonchev–Trinajstić information content (AvgIpc) is 3.27. The van der Waals surface area contributed by atoms with Crippen molar-refractivity contribution in [1.82, 2.24) is 9.78 Å². The molecule has 1 heterocycles. The largest absolute Gasteiger partial charge is 0.497 e. The summed E-state index contributed by atoms with van der Waals surface area (Å²) in [5.41, 5.74) is 0.814. The number of ketones is 1. The number of nitrogens with one attached hydrogen (secondary N) is 2. The Bertz CT molecular complexity index is 1160. The predicted molar refractivity (Wildman–Crippen MR) is 122 cm³/mol. The molecule has 1 atom stereocenters. The van der Waals surface area contributed by atoms with E-state index in [1.54, 1.807) is 42.5 Å². The Morgan fingerprint density at radius 1 is 1.03 bits per heavy atom. The number of anilines is 2. The van der Waals surface area contributed by atoms with Gasteiger partial charge in [-0.25, -0.2) is 4.68 Å². The molecule has 0 spiro atoms. The zero-order valence-corrected chi connectivity index (χ0v) is 18.2. The number of nitrogens with zero attached hydrogens (tertiary/aromatic N) is 2. The Balaban J connectivity index is 2.08. The second-order valence-electron chi connectivity index (χ2n) is 6.86. The molecule has 0 aliphatic carbocycles. The molecule has 3 aromatic rings. The van der Waals surface area contributed by atoms with Gasteiger partial charge in [0.25, 0.3) is 16.8 Å². The van der Waals surface area contributed by atoms with E-state index in [0.717, 1.165) is 4.68 Å². The standard InChI is InChI=1S/C23H21ClN4O4/c1-15(2)21(30)27-19-13-14-25-28(19)23(24,22(31)26-17-7-5-4-6-8-17)20(29)16-9-11-18(32-3)12-10-16/h4-14H,1H2,2-3H3,(H,26,31)(H,27,30). The Labute approximate surface area is 189 Å². The van der Waals surface area contributed by atoms with Crippen LogP contribution in [0.5, 0.6) is 5.75 Å². The van der Waals surface area contributed by atoms with Crippen LogP contribution in [-0.2, 0) is 14.6 Å². The smallest absolute Gasteiger partial charge is 0.278 e. The summed E-state index contributed by atoms with van der Waals surface area (Å²) in [5, 5.41) is 9.28. The third-order valence-corrected chi connectivity index (χ3v) is 5.05. The number of rotatable bonds is 8. The zero-order valence-electron chi connectivity index (χ0n) is 17.5. The third-order valence-electron chi connectivity index (χ3n) is 4.55. The van der Waals surface area contributed by atoms with Gasteiger partial charge in [-0.1, -0.05) is 36.4 Å². The summed E-state index contributed by atoms with van der Waals surface area (Å²) in [6.45, 7) is 5.11. The van der Waals surface area contributed by atoms with E-state index >= 15 is 0 Å². The second kappa shape index (κ2) is 9.49. The van der Waals surface area contributed by atoms with Crippen LogP contribution in [0.3, 0.4) is 0 Å². The van der Waals surface area contributed by atoms with Gasteiger partial charge in [0.1, 0.15) is 11.6 Å². The van der Waals surface area contributed by atoms with Crippen LogP contribution in [0.1, 0.15) is 17.3 Å². The first-order valence-electron chi connectivity index (χ1n) is 9.53. The number of para-hydroxylation sites is 1. The molecule has 0 saturated carbocycles. The number of Topliss-reactive ketones (excluding diaryl/α,β-unsaturated/α-hetero) is 1. The molecule has 8 nitrogen and oxygen atoms in total. The number of methoxy groups -OCH3 is 1. The molecule has 9 heteroatoms. The molecule has 1 aromatic heterocycles. The van der Waals surface area contributed by atoms with Crippen LogP contribution in [0.25, 0.3) is 0 Å². The van der Waals surface area contributed by atoms with Crippen molar-refractivity contribution in [2.45, 2.75) is 11.9 Å². The number of carbonyl (C=O) groups is 3. The molecule has 0 fully saturated rings. The molecule has 0 aliphatic heterocycles. The molecule has 1 unspecified atom stereocenters. The van der Waals surface area contributed by atoms with Crippen LogP contribution in [-0.4, -0.2) is 34.5 Å². The van der Waals surface area contributed by atoms with E-state index in [9.17, 15) is 14.4 Å². The van der Waals surface area contributed by atoms with Crippen molar-refractivity contribution < 1.29 is 19.1 Å². The van der Waals surface area contributed by atoms with Gasteiger partial charge in [0.15, 0.2) is 0 Å². The summed E-state index contributed by atoms with van der Waals surface area (Å²) >= 11 is 6.77. The normalized spacial score (nSPS) is 12.3. The molecule has 164 valence electrons. The fourth-order valence-corrected chi connectivity index (χ4v) is 3.12. The maximum Gasteiger partial charge on any atom is 0.278 e. The van der Waals surface area contributed by atoms with E-state index in [1.807, 2.05) is 0 Å². The maximum absolute atomic E-state index is 13.5. The number of alkyl halides is 1. The second-order valence-corrected chi connectivity index (χ2v) is 7.41. The molecule has 0 radical (unpaired) electrons. The van der Waals surface area contributed by atoms with Gasteiger partial charge in [-0.15, -0.1) is 0 Å². The molecule has 32 heavy (non-hydrogen) atoms. The summed E-state index contributed by atoms with van der Waals surface area (Å²) in [5.74, 6) is -1.52. The number of ether oxygens (including phenoxy) is 1. The van der Waals surface area contributed by atoms with Crippen molar-refractivity contribution in [3.05, 3.63) is 84.6 Å². The van der Waals surface area contributed by atoms with E-state index in [2.05, 4.69) is 22.3 Å². The van der Waals surface area contributed by atoms with Crippen LogP contribution in [0.15, 0.2) is 79.0 Å². The number of carbonyl (C=O) groups excluding carboxylic acids is 3. The number of amides is 2. The average molecular weight is 453 g/mol. The van der Waals surface area contributed by atoms with Crippen molar-refractivity contribution in [2.75, 3.05) is 17.7 Å². The van der Waals surface area contributed by atoms with Crippen molar-refractivity contribution in [2.24, 2.45) is 0 Å². The minimum Gasteiger partial charge on any atom is -0.497 e. The van der Waals surface area contributed by atoms with Gasteiger partial charge >= 0.3 is 0 Å². The van der Waals surface area contributed by atoms with Gasteiger partial charge in [0, 0.05) is 22.9 Å². The summed E-state index contributed by atoms with van der Waals surface area (Å²) < 4.78 is 6.09. The minimum absolute atomic E-state index is 0.0538. The number of hydrogen-bond donors (Lipinski definition) is 2. The Morgan fingerprint density at radius 3 is 2.28 bits per heavy atom. The number of aromatic nitrogens is 2. The van der Waals surface area contributed by atoms with E-state index in [-0.39, 0.29) is 17.0 Å². The Kier molecular flexibility index (Phi) is 6.75. The summed E-state index contributed by atoms with van der Waals surface area (Å²) in [6, 6.07) is 16.1. The topological polar surface area (TPSA) is 102 Å². The quantitative estimate of drug-likeness (QED) is 0.234. The first-order chi connectivity index (χ1) is 15.3. The summed E-state index contributed by atoms with van der Waals surface area (Å²) in [6.07, 6.45) is 1.32. The molecule has 0 saturated heterocycles. The highest BCUT2D eigenvalue weighted by atomic mass is 35.5. The summed E-state index contributed by atoms with van der Waals surface area (Å²) in [4.78, 5) is 36.7. The van der Waals surface area contributed by atoms with Crippen molar-refractivity contribution in [1.29, 1.82) is 0 Å². The predicted octanol–water partition coefficient (Wildman–Crippen LogP) is 3.82. The summed E-state index contributed by atoms with van der Waals surface area (Å²) in [7, 11) is 1.50. The van der Waals surface area contributed by atoms with Crippen LogP contribution < -0.4 is 15.4 Å². The third kappa shape index (κ3) is 4.55. The molecule has 2 amide bonds. The molecular formula is C23H21ClN4O4. The molecule has 3 rings (SSSR count). The van der Waals surface area contributed by atoms with E-state index < -0.39 is 22.6 Å². The lowest BCUT2D eigenvalue weighted by molar-refractivity contribution is -0.120. The van der Waals surface area contributed by atoms with Crippen LogP contribution in [0.4, 0.5) is 11.5 Å². The number of halogens is 1. The first-order valence-corrected chi connectivity index (χ1v) is 9.90. The van der Waals surface area contributed by atoms with Gasteiger partial charge in [-0.05, 0) is 43.3 Å². The van der Waals surface area contributed by atoms with Crippen LogP contribution in [0, 0.1) is 0 Å². The lowest BCUT2D eigenvalue weighted by Crippen LogP contribution is -2.48. The zero-order chi connectivity index (χ0) is 23.3. The van der Waals surface area contributed by atoms with Crippen molar-refractivity contribution in [3.63, 3.8) is 0 Å². The van der Waals surface area contributed by atoms with Crippen molar-refractivity contribution in [3.8, 4) is 5.75 Å². The number of hydrogen-bond acceptors (Lipinski definition) is 5. The van der Waals surface area contributed by atoms with Gasteiger partial charge < -0.3 is 15.4 Å². The van der Waals surface area contributed by atoms with Gasteiger partial charge in [-0.3, -0.25) is 14.4 Å². The molecule has 0 bridgehead atoms. The lowest BCUT2D eigenvalue weighted by atomic mass is 10.0. The fraction of sp³-hybridized carbons (Fsp3) is 0.130. The first kappa shape index (κ1) is 22.8. The fourth-order valence-electron chi connectivity index (χ4n) is 2.83. The highest BCUT2D eigenvalue weighted by molar-refractivity contribution is 6.47. The molecule has 0 aliphatic rings. The SMILES string of the molecule is C=C(C)C(=O)Nc1ccnn1C(Cl)(C(=O)Nc1ccccc1)C(=O)c1ccc(OC)cc1. The number of benzene rings is 2. The van der Waals surface area contributed by atoms with Gasteiger partial charge in [0.2, 0.25) is 5.78 Å².